The number of aromatic amines is 1. The number of hydrogen-bond acceptors (Lipinski definition) is 6. The molecular weight excluding hydrogens is 294 g/mol. The van der Waals surface area contributed by atoms with Gasteiger partial charge in [-0.05, 0) is 12.1 Å². The maximum atomic E-state index is 5.43. The lowest BCUT2D eigenvalue weighted by Gasteiger charge is -2.25. The number of para-hydroxylation sites is 1. The number of hydrogen-bond donors (Lipinski definition) is 1. The van der Waals surface area contributed by atoms with E-state index in [0.29, 0.717) is 30.9 Å². The Balaban J connectivity index is 1.74. The average molecular weight is 311 g/mol. The van der Waals surface area contributed by atoms with E-state index in [1.54, 1.807) is 7.11 Å². The first kappa shape index (κ1) is 14.0. The Labute approximate surface area is 133 Å². The number of nitrogens with zero attached hydrogens (tertiary/aromatic N) is 4. The van der Waals surface area contributed by atoms with Crippen molar-refractivity contribution in [2.75, 3.05) is 38.3 Å². The van der Waals surface area contributed by atoms with Crippen LogP contribution in [0.1, 0.15) is 0 Å². The third kappa shape index (κ3) is 2.59. The van der Waals surface area contributed by atoms with E-state index in [2.05, 4.69) is 25.1 Å². The van der Waals surface area contributed by atoms with Crippen molar-refractivity contribution in [2.24, 2.45) is 0 Å². The summed E-state index contributed by atoms with van der Waals surface area (Å²) in [6, 6.07) is 9.94. The van der Waals surface area contributed by atoms with E-state index in [0.717, 1.165) is 29.6 Å². The molecule has 7 heteroatoms. The van der Waals surface area contributed by atoms with E-state index in [1.807, 2.05) is 30.3 Å². The van der Waals surface area contributed by atoms with Crippen molar-refractivity contribution >= 4 is 16.9 Å². The number of nitrogens with one attached hydrogen (secondary N) is 1. The minimum Gasteiger partial charge on any atom is -0.480 e. The predicted octanol–water partition coefficient (Wildman–Crippen LogP) is 1.87. The molecule has 1 aliphatic rings. The van der Waals surface area contributed by atoms with E-state index in [9.17, 15) is 0 Å². The summed E-state index contributed by atoms with van der Waals surface area (Å²) in [5.74, 6) is 1.87. The van der Waals surface area contributed by atoms with Crippen LogP contribution in [-0.2, 0) is 4.74 Å². The molecule has 7 nitrogen and oxygen atoms in total. The summed E-state index contributed by atoms with van der Waals surface area (Å²) >= 11 is 0. The van der Waals surface area contributed by atoms with Gasteiger partial charge >= 0.3 is 0 Å². The topological polar surface area (TPSA) is 76.2 Å². The number of methoxy groups -OCH3 is 1. The van der Waals surface area contributed by atoms with Gasteiger partial charge in [0.1, 0.15) is 0 Å². The second kappa shape index (κ2) is 5.85. The quantitative estimate of drug-likeness (QED) is 0.796. The Morgan fingerprint density at radius 2 is 2.00 bits per heavy atom. The third-order valence-electron chi connectivity index (χ3n) is 3.91. The van der Waals surface area contributed by atoms with Gasteiger partial charge in [-0.3, -0.25) is 5.10 Å². The van der Waals surface area contributed by atoms with Crippen LogP contribution in [0.25, 0.3) is 22.3 Å². The van der Waals surface area contributed by atoms with Gasteiger partial charge in [-0.2, -0.15) is 4.98 Å². The molecule has 2 aromatic heterocycles. The molecule has 3 heterocycles. The Bertz CT molecular complexity index is 826. The largest absolute Gasteiger partial charge is 0.480 e. The molecule has 0 saturated carbocycles. The van der Waals surface area contributed by atoms with Gasteiger partial charge < -0.3 is 14.4 Å². The number of aromatic nitrogens is 4. The van der Waals surface area contributed by atoms with Gasteiger partial charge in [0.25, 0.3) is 0 Å². The third-order valence-corrected chi connectivity index (χ3v) is 3.91. The molecule has 0 radical (unpaired) electrons. The predicted molar refractivity (Wildman–Crippen MR) is 86.7 cm³/mol. The van der Waals surface area contributed by atoms with Gasteiger partial charge in [0, 0.05) is 18.5 Å². The summed E-state index contributed by atoms with van der Waals surface area (Å²) < 4.78 is 10.8. The highest BCUT2D eigenvalue weighted by molar-refractivity contribution is 5.84. The lowest BCUT2D eigenvalue weighted by atomic mass is 10.1. The zero-order valence-electron chi connectivity index (χ0n) is 12.8. The SMILES string of the molecule is COc1nc2ccccc2cc1-c1nc(N2CCOCC2)n[nH]1. The Hall–Kier alpha value is -2.67. The van der Waals surface area contributed by atoms with Crippen LogP contribution in [0.5, 0.6) is 5.88 Å². The van der Waals surface area contributed by atoms with Gasteiger partial charge in [-0.25, -0.2) is 4.98 Å². The molecule has 1 aliphatic heterocycles. The second-order valence-corrected chi connectivity index (χ2v) is 5.32. The van der Waals surface area contributed by atoms with Crippen LogP contribution in [0.15, 0.2) is 30.3 Å². The van der Waals surface area contributed by atoms with Gasteiger partial charge in [0.2, 0.25) is 11.8 Å². The number of ether oxygens (including phenoxy) is 2. The van der Waals surface area contributed by atoms with Crippen molar-refractivity contribution in [1.29, 1.82) is 0 Å². The number of rotatable bonds is 3. The van der Waals surface area contributed by atoms with Crippen LogP contribution < -0.4 is 9.64 Å². The van der Waals surface area contributed by atoms with Gasteiger partial charge in [-0.1, -0.05) is 18.2 Å². The lowest BCUT2D eigenvalue weighted by molar-refractivity contribution is 0.122. The van der Waals surface area contributed by atoms with Crippen LogP contribution >= 0.6 is 0 Å². The minimum absolute atomic E-state index is 0.536. The molecule has 0 unspecified atom stereocenters. The second-order valence-electron chi connectivity index (χ2n) is 5.32. The first-order valence-electron chi connectivity index (χ1n) is 7.54. The summed E-state index contributed by atoms with van der Waals surface area (Å²) in [6.07, 6.45) is 0. The van der Waals surface area contributed by atoms with Crippen molar-refractivity contribution in [3.05, 3.63) is 30.3 Å². The fraction of sp³-hybridized carbons (Fsp3) is 0.312. The monoisotopic (exact) mass is 311 g/mol. The number of fused-ring (bicyclic) bond motifs is 1. The van der Waals surface area contributed by atoms with E-state index in [-0.39, 0.29) is 0 Å². The molecule has 0 bridgehead atoms. The smallest absolute Gasteiger partial charge is 0.245 e. The first-order valence-corrected chi connectivity index (χ1v) is 7.54. The molecule has 1 N–H and O–H groups in total. The molecule has 1 fully saturated rings. The Morgan fingerprint density at radius 3 is 2.83 bits per heavy atom. The molecule has 118 valence electrons. The molecule has 0 spiro atoms. The van der Waals surface area contributed by atoms with Gasteiger partial charge in [0.05, 0.1) is 31.4 Å². The minimum atomic E-state index is 0.536. The number of anilines is 1. The van der Waals surface area contributed by atoms with E-state index in [4.69, 9.17) is 9.47 Å². The molecule has 0 atom stereocenters. The maximum Gasteiger partial charge on any atom is 0.245 e. The molecule has 3 aromatic rings. The highest BCUT2D eigenvalue weighted by Crippen LogP contribution is 2.30. The summed E-state index contributed by atoms with van der Waals surface area (Å²) in [4.78, 5) is 11.3. The van der Waals surface area contributed by atoms with Crippen molar-refractivity contribution in [1.82, 2.24) is 20.2 Å². The van der Waals surface area contributed by atoms with Crippen LogP contribution in [-0.4, -0.2) is 53.6 Å². The van der Waals surface area contributed by atoms with E-state index in [1.165, 1.54) is 0 Å². The number of benzene rings is 1. The first-order chi connectivity index (χ1) is 11.3. The molecule has 0 amide bonds. The summed E-state index contributed by atoms with van der Waals surface area (Å²) in [5.41, 5.74) is 1.69. The van der Waals surface area contributed by atoms with E-state index < -0.39 is 0 Å². The Kier molecular flexibility index (Phi) is 3.55. The average Bonchev–Trinajstić information content (AvgIpc) is 3.11. The molecule has 1 saturated heterocycles. The zero-order valence-corrected chi connectivity index (χ0v) is 12.8. The fourth-order valence-corrected chi connectivity index (χ4v) is 2.70. The highest BCUT2D eigenvalue weighted by Gasteiger charge is 2.18. The zero-order chi connectivity index (χ0) is 15.6. The molecule has 4 rings (SSSR count). The summed E-state index contributed by atoms with van der Waals surface area (Å²) in [7, 11) is 1.61. The fourth-order valence-electron chi connectivity index (χ4n) is 2.70. The van der Waals surface area contributed by atoms with Crippen molar-refractivity contribution in [2.45, 2.75) is 0 Å². The molecular formula is C16H17N5O2. The molecule has 0 aliphatic carbocycles. The highest BCUT2D eigenvalue weighted by atomic mass is 16.5. The number of H-pyrrole nitrogens is 1. The van der Waals surface area contributed by atoms with Crippen LogP contribution in [0.4, 0.5) is 5.95 Å². The maximum absolute atomic E-state index is 5.43. The molecule has 1 aromatic carbocycles. The van der Waals surface area contributed by atoms with Crippen LogP contribution in [0.2, 0.25) is 0 Å². The van der Waals surface area contributed by atoms with Crippen molar-refractivity contribution in [3.8, 4) is 17.3 Å². The van der Waals surface area contributed by atoms with E-state index >= 15 is 0 Å². The standard InChI is InChI=1S/C16H17N5O2/c1-22-15-12(10-11-4-2-3-5-13(11)17-15)14-18-16(20-19-14)21-6-8-23-9-7-21/h2-5,10H,6-9H2,1H3,(H,18,19,20). The summed E-state index contributed by atoms with van der Waals surface area (Å²) in [6.45, 7) is 2.99. The van der Waals surface area contributed by atoms with Crippen LogP contribution in [0.3, 0.4) is 0 Å². The Morgan fingerprint density at radius 1 is 1.17 bits per heavy atom. The van der Waals surface area contributed by atoms with Gasteiger partial charge in [0.15, 0.2) is 5.82 Å². The molecule has 23 heavy (non-hydrogen) atoms. The lowest BCUT2D eigenvalue weighted by Crippen LogP contribution is -2.36. The van der Waals surface area contributed by atoms with Crippen molar-refractivity contribution < 1.29 is 9.47 Å². The van der Waals surface area contributed by atoms with Crippen molar-refractivity contribution in [3.63, 3.8) is 0 Å². The summed E-state index contributed by atoms with van der Waals surface area (Å²) in [5, 5.41) is 8.35. The number of pyridine rings is 1. The number of morpholine rings is 1. The van der Waals surface area contributed by atoms with Crippen LogP contribution in [0, 0.1) is 0 Å². The van der Waals surface area contributed by atoms with Gasteiger partial charge in [-0.15, -0.1) is 5.10 Å². The normalized spacial score (nSPS) is 15.1.